The molecule has 122 valence electrons. The van der Waals surface area contributed by atoms with Crippen LogP contribution in [0.3, 0.4) is 0 Å². The Morgan fingerprint density at radius 2 is 2.12 bits per heavy atom. The Labute approximate surface area is 142 Å². The van der Waals surface area contributed by atoms with Crippen LogP contribution in [0.25, 0.3) is 11.0 Å². The van der Waals surface area contributed by atoms with E-state index in [9.17, 15) is 14.9 Å². The molecule has 0 aliphatic carbocycles. The molecule has 1 heterocycles. The van der Waals surface area contributed by atoms with E-state index in [-0.39, 0.29) is 18.0 Å². The Morgan fingerprint density at radius 3 is 2.88 bits per heavy atom. The Bertz CT molecular complexity index is 949. The van der Waals surface area contributed by atoms with Gasteiger partial charge in [-0.3, -0.25) is 14.9 Å². The van der Waals surface area contributed by atoms with Crippen LogP contribution in [-0.2, 0) is 11.2 Å². The first kappa shape index (κ1) is 16.0. The molecule has 0 atom stereocenters. The first-order valence-electron chi connectivity index (χ1n) is 7.14. The van der Waals surface area contributed by atoms with Crippen molar-refractivity contribution >= 4 is 39.9 Å². The van der Waals surface area contributed by atoms with E-state index >= 15 is 0 Å². The molecule has 1 N–H and O–H groups in total. The Morgan fingerprint density at radius 1 is 1.33 bits per heavy atom. The lowest BCUT2D eigenvalue weighted by Crippen LogP contribution is -2.14. The zero-order valence-electron chi connectivity index (χ0n) is 12.7. The lowest BCUT2D eigenvalue weighted by atomic mass is 10.1. The molecule has 24 heavy (non-hydrogen) atoms. The number of halogens is 1. The number of hydrogen-bond donors (Lipinski definition) is 1. The van der Waals surface area contributed by atoms with Crippen molar-refractivity contribution in [1.82, 2.24) is 0 Å². The number of carbonyl (C=O) groups is 1. The number of nitrogens with zero attached hydrogens (tertiary/aromatic N) is 1. The molecule has 0 unspecified atom stereocenters. The minimum Gasteiger partial charge on any atom is -0.464 e. The molecular weight excluding hydrogens is 332 g/mol. The molecule has 0 spiro atoms. The number of anilines is 1. The summed E-state index contributed by atoms with van der Waals surface area (Å²) in [6.07, 6.45) is 1.60. The van der Waals surface area contributed by atoms with Gasteiger partial charge >= 0.3 is 0 Å². The lowest BCUT2D eigenvalue weighted by molar-refractivity contribution is -0.384. The number of rotatable bonds is 4. The predicted molar refractivity (Wildman–Crippen MR) is 91.4 cm³/mol. The van der Waals surface area contributed by atoms with Crippen LogP contribution in [0.4, 0.5) is 11.4 Å². The molecule has 3 rings (SSSR count). The third kappa shape index (κ3) is 3.23. The highest BCUT2D eigenvalue weighted by Gasteiger charge is 2.13. The van der Waals surface area contributed by atoms with Crippen LogP contribution >= 0.6 is 11.6 Å². The van der Waals surface area contributed by atoms with Crippen molar-refractivity contribution in [2.24, 2.45) is 0 Å². The smallest absolute Gasteiger partial charge is 0.271 e. The van der Waals surface area contributed by atoms with Gasteiger partial charge in [0.15, 0.2) is 0 Å². The summed E-state index contributed by atoms with van der Waals surface area (Å²) in [5, 5.41) is 14.8. The molecule has 6 nitrogen and oxygen atoms in total. The zero-order valence-corrected chi connectivity index (χ0v) is 13.5. The fourth-order valence-corrected chi connectivity index (χ4v) is 2.58. The highest BCUT2D eigenvalue weighted by molar-refractivity contribution is 6.32. The van der Waals surface area contributed by atoms with Crippen molar-refractivity contribution in [3.63, 3.8) is 0 Å². The topological polar surface area (TPSA) is 85.4 Å². The van der Waals surface area contributed by atoms with E-state index in [4.69, 9.17) is 16.0 Å². The van der Waals surface area contributed by atoms with Gasteiger partial charge in [-0.25, -0.2) is 0 Å². The van der Waals surface area contributed by atoms with Gasteiger partial charge in [0.05, 0.1) is 17.6 Å². The van der Waals surface area contributed by atoms with Crippen LogP contribution in [0.1, 0.15) is 11.1 Å². The second-order valence-electron chi connectivity index (χ2n) is 5.39. The van der Waals surface area contributed by atoms with E-state index in [2.05, 4.69) is 5.32 Å². The summed E-state index contributed by atoms with van der Waals surface area (Å²) in [6, 6.07) is 9.38. The maximum absolute atomic E-state index is 12.2. The molecule has 0 bridgehead atoms. The third-order valence-electron chi connectivity index (χ3n) is 3.63. The number of benzene rings is 2. The summed E-state index contributed by atoms with van der Waals surface area (Å²) in [5.41, 5.74) is 2.55. The van der Waals surface area contributed by atoms with E-state index in [0.717, 1.165) is 10.9 Å². The van der Waals surface area contributed by atoms with Crippen LogP contribution in [0.15, 0.2) is 47.1 Å². The summed E-state index contributed by atoms with van der Waals surface area (Å²) in [7, 11) is 0. The van der Waals surface area contributed by atoms with Gasteiger partial charge in [-0.1, -0.05) is 17.7 Å². The molecule has 0 fully saturated rings. The van der Waals surface area contributed by atoms with Crippen molar-refractivity contribution in [3.05, 3.63) is 68.9 Å². The number of nitro groups is 1. The number of amides is 1. The van der Waals surface area contributed by atoms with Crippen molar-refractivity contribution < 1.29 is 14.1 Å². The maximum atomic E-state index is 12.2. The SMILES string of the molecule is Cc1cc2occ(CC(=O)Nc3cccc([N+](=O)[O-])c3)c2cc1Cl. The highest BCUT2D eigenvalue weighted by atomic mass is 35.5. The number of furan rings is 1. The molecule has 7 heteroatoms. The van der Waals surface area contributed by atoms with Crippen molar-refractivity contribution in [1.29, 1.82) is 0 Å². The zero-order chi connectivity index (χ0) is 17.3. The molecule has 0 radical (unpaired) electrons. The third-order valence-corrected chi connectivity index (χ3v) is 4.03. The number of aryl methyl sites for hydroxylation is 1. The molecule has 3 aromatic rings. The second-order valence-corrected chi connectivity index (χ2v) is 5.80. The summed E-state index contributed by atoms with van der Waals surface area (Å²) < 4.78 is 5.46. The first-order valence-corrected chi connectivity index (χ1v) is 7.52. The second kappa shape index (κ2) is 6.33. The van der Waals surface area contributed by atoms with Crippen molar-refractivity contribution in [2.45, 2.75) is 13.3 Å². The van der Waals surface area contributed by atoms with Gasteiger partial charge in [0.2, 0.25) is 5.91 Å². The Hall–Kier alpha value is -2.86. The molecule has 0 aliphatic rings. The van der Waals surface area contributed by atoms with Gasteiger partial charge < -0.3 is 9.73 Å². The molecule has 1 amide bonds. The lowest BCUT2D eigenvalue weighted by Gasteiger charge is -2.04. The fourth-order valence-electron chi connectivity index (χ4n) is 2.41. The van der Waals surface area contributed by atoms with E-state index in [1.807, 2.05) is 13.0 Å². The van der Waals surface area contributed by atoms with Crippen LogP contribution in [0.2, 0.25) is 5.02 Å². The number of nitro benzene ring substituents is 1. The summed E-state index contributed by atoms with van der Waals surface area (Å²) in [6.45, 7) is 1.87. The van der Waals surface area contributed by atoms with Gasteiger partial charge in [-0.05, 0) is 30.7 Å². The van der Waals surface area contributed by atoms with E-state index < -0.39 is 4.92 Å². The molecule has 1 aromatic heterocycles. The standard InChI is InChI=1S/C17H13ClN2O4/c1-10-5-16-14(8-15(10)18)11(9-24-16)6-17(21)19-12-3-2-4-13(7-12)20(22)23/h2-5,7-9H,6H2,1H3,(H,19,21). The monoisotopic (exact) mass is 344 g/mol. The van der Waals surface area contributed by atoms with E-state index in [1.54, 1.807) is 12.1 Å². The van der Waals surface area contributed by atoms with Crippen LogP contribution < -0.4 is 5.32 Å². The molecule has 2 aromatic carbocycles. The average Bonchev–Trinajstić information content (AvgIpc) is 2.90. The van der Waals surface area contributed by atoms with Crippen molar-refractivity contribution in [3.8, 4) is 0 Å². The Balaban J connectivity index is 1.79. The van der Waals surface area contributed by atoms with Gasteiger partial charge in [0.1, 0.15) is 5.58 Å². The average molecular weight is 345 g/mol. The minimum absolute atomic E-state index is 0.0785. The van der Waals surface area contributed by atoms with Gasteiger partial charge in [-0.15, -0.1) is 0 Å². The van der Waals surface area contributed by atoms with E-state index in [1.165, 1.54) is 24.5 Å². The number of carbonyl (C=O) groups excluding carboxylic acids is 1. The maximum Gasteiger partial charge on any atom is 0.271 e. The number of hydrogen-bond acceptors (Lipinski definition) is 4. The molecule has 0 saturated carbocycles. The molecule has 0 saturated heterocycles. The van der Waals surface area contributed by atoms with Gasteiger partial charge in [0.25, 0.3) is 5.69 Å². The molecular formula is C17H13ClN2O4. The summed E-state index contributed by atoms with van der Waals surface area (Å²) in [4.78, 5) is 22.5. The molecule has 0 aliphatic heterocycles. The normalized spacial score (nSPS) is 10.8. The van der Waals surface area contributed by atoms with Crippen molar-refractivity contribution in [2.75, 3.05) is 5.32 Å². The number of fused-ring (bicyclic) bond motifs is 1. The number of nitrogens with one attached hydrogen (secondary N) is 1. The minimum atomic E-state index is -0.510. The predicted octanol–water partition coefficient (Wildman–Crippen LogP) is 4.48. The van der Waals surface area contributed by atoms with Crippen LogP contribution in [0.5, 0.6) is 0 Å². The quantitative estimate of drug-likeness (QED) is 0.558. The fraction of sp³-hybridized carbons (Fsp3) is 0.118. The largest absolute Gasteiger partial charge is 0.464 e. The summed E-state index contributed by atoms with van der Waals surface area (Å²) >= 11 is 6.12. The highest BCUT2D eigenvalue weighted by Crippen LogP contribution is 2.28. The van der Waals surface area contributed by atoms with Crippen LogP contribution in [-0.4, -0.2) is 10.8 Å². The van der Waals surface area contributed by atoms with E-state index in [0.29, 0.717) is 21.9 Å². The van der Waals surface area contributed by atoms with Crippen LogP contribution in [0, 0.1) is 17.0 Å². The van der Waals surface area contributed by atoms with Gasteiger partial charge in [0, 0.05) is 33.8 Å². The first-order chi connectivity index (χ1) is 11.4. The number of non-ortho nitro benzene ring substituents is 1. The van der Waals surface area contributed by atoms with Gasteiger partial charge in [-0.2, -0.15) is 0 Å². The Kier molecular flexibility index (Phi) is 4.22. The summed E-state index contributed by atoms with van der Waals surface area (Å²) in [5.74, 6) is -0.296.